The van der Waals surface area contributed by atoms with Gasteiger partial charge in [0.2, 0.25) is 0 Å². The Bertz CT molecular complexity index is 918. The van der Waals surface area contributed by atoms with Crippen molar-refractivity contribution in [3.05, 3.63) is 65.4 Å². The first-order chi connectivity index (χ1) is 14.2. The molecule has 3 heterocycles. The van der Waals surface area contributed by atoms with Crippen LogP contribution in [0.4, 0.5) is 0 Å². The lowest BCUT2D eigenvalue weighted by atomic mass is 9.88. The molecule has 0 bridgehead atoms. The predicted octanol–water partition coefficient (Wildman–Crippen LogP) is 4.03. The molecule has 3 aromatic rings. The number of benzene rings is 1. The summed E-state index contributed by atoms with van der Waals surface area (Å²) in [5, 5.41) is 7.57. The zero-order chi connectivity index (χ0) is 20.1. The molecule has 2 aromatic heterocycles. The zero-order valence-electron chi connectivity index (χ0n) is 16.4. The Labute approximate surface area is 174 Å². The first-order valence-corrected chi connectivity index (χ1v) is 10.7. The minimum absolute atomic E-state index is 0.111. The van der Waals surface area contributed by atoms with Crippen LogP contribution in [0.3, 0.4) is 0 Å². The maximum absolute atomic E-state index is 12.7. The molecule has 29 heavy (non-hydrogen) atoms. The Hall–Kier alpha value is -2.48. The van der Waals surface area contributed by atoms with Crippen molar-refractivity contribution in [3.63, 3.8) is 0 Å². The number of hydrogen-bond donors (Lipinski definition) is 2. The monoisotopic (exact) mass is 411 g/mol. The van der Waals surface area contributed by atoms with E-state index in [1.165, 1.54) is 16.9 Å². The molecule has 0 radical (unpaired) electrons. The number of rotatable bonds is 7. The van der Waals surface area contributed by atoms with Crippen molar-refractivity contribution in [2.24, 2.45) is 0 Å². The molecule has 7 heteroatoms. The lowest BCUT2D eigenvalue weighted by Crippen LogP contribution is -2.57. The summed E-state index contributed by atoms with van der Waals surface area (Å²) in [6.07, 6.45) is 4.91. The average molecular weight is 412 g/mol. The molecule has 1 aliphatic heterocycles. The SMILES string of the molecule is CC(NC1(CNC(=O)c2cnc(-c3ccco3)s2)CCOCC1)c1ccccc1. The minimum atomic E-state index is -0.197. The molecule has 0 spiro atoms. The van der Waals surface area contributed by atoms with Crippen molar-refractivity contribution < 1.29 is 13.9 Å². The first-order valence-electron chi connectivity index (χ1n) is 9.83. The van der Waals surface area contributed by atoms with Gasteiger partial charge in [-0.3, -0.25) is 4.79 Å². The molecular weight excluding hydrogens is 386 g/mol. The predicted molar refractivity (Wildman–Crippen MR) is 113 cm³/mol. The summed E-state index contributed by atoms with van der Waals surface area (Å²) in [5.41, 5.74) is 1.03. The van der Waals surface area contributed by atoms with Gasteiger partial charge in [-0.05, 0) is 37.5 Å². The van der Waals surface area contributed by atoms with E-state index in [9.17, 15) is 4.79 Å². The third-order valence-corrected chi connectivity index (χ3v) is 6.33. The zero-order valence-corrected chi connectivity index (χ0v) is 17.2. The van der Waals surface area contributed by atoms with Gasteiger partial charge < -0.3 is 19.8 Å². The number of thiazole rings is 1. The summed E-state index contributed by atoms with van der Waals surface area (Å²) in [6, 6.07) is 14.2. The highest BCUT2D eigenvalue weighted by atomic mass is 32.1. The molecule has 1 atom stereocenters. The van der Waals surface area contributed by atoms with Crippen molar-refractivity contribution in [3.8, 4) is 10.8 Å². The number of furan rings is 1. The Balaban J connectivity index is 1.42. The quantitative estimate of drug-likeness (QED) is 0.614. The van der Waals surface area contributed by atoms with Gasteiger partial charge in [-0.15, -0.1) is 11.3 Å². The second kappa shape index (κ2) is 8.90. The van der Waals surface area contributed by atoms with Crippen molar-refractivity contribution in [2.45, 2.75) is 31.3 Å². The van der Waals surface area contributed by atoms with Crippen LogP contribution in [0, 0.1) is 0 Å². The molecule has 152 valence electrons. The van der Waals surface area contributed by atoms with E-state index in [0.717, 1.165) is 12.8 Å². The van der Waals surface area contributed by atoms with E-state index in [1.807, 2.05) is 30.3 Å². The van der Waals surface area contributed by atoms with Gasteiger partial charge >= 0.3 is 0 Å². The topological polar surface area (TPSA) is 76.4 Å². The summed E-state index contributed by atoms with van der Waals surface area (Å²) in [5.74, 6) is 0.564. The van der Waals surface area contributed by atoms with Crippen molar-refractivity contribution in [1.82, 2.24) is 15.6 Å². The van der Waals surface area contributed by atoms with Crippen LogP contribution in [-0.2, 0) is 4.74 Å². The molecular formula is C22H25N3O3S. The van der Waals surface area contributed by atoms with Crippen LogP contribution in [0.2, 0.25) is 0 Å². The fourth-order valence-electron chi connectivity index (χ4n) is 3.65. The smallest absolute Gasteiger partial charge is 0.263 e. The van der Waals surface area contributed by atoms with E-state index >= 15 is 0 Å². The number of amides is 1. The lowest BCUT2D eigenvalue weighted by Gasteiger charge is -2.40. The maximum atomic E-state index is 12.7. The normalized spacial score (nSPS) is 17.0. The van der Waals surface area contributed by atoms with Gasteiger partial charge in [0.15, 0.2) is 10.8 Å². The van der Waals surface area contributed by atoms with Gasteiger partial charge in [0.1, 0.15) is 4.88 Å². The fraction of sp³-hybridized carbons (Fsp3) is 0.364. The highest BCUT2D eigenvalue weighted by molar-refractivity contribution is 7.16. The van der Waals surface area contributed by atoms with Gasteiger partial charge in [-0.25, -0.2) is 4.98 Å². The van der Waals surface area contributed by atoms with E-state index < -0.39 is 0 Å². The number of carbonyl (C=O) groups is 1. The second-order valence-electron chi connectivity index (χ2n) is 7.36. The van der Waals surface area contributed by atoms with E-state index in [-0.39, 0.29) is 17.5 Å². The first kappa shape index (κ1) is 19.8. The molecule has 1 unspecified atom stereocenters. The number of nitrogens with zero attached hydrogens (tertiary/aromatic N) is 1. The maximum Gasteiger partial charge on any atom is 0.263 e. The van der Waals surface area contributed by atoms with Gasteiger partial charge in [0.25, 0.3) is 5.91 Å². The van der Waals surface area contributed by atoms with Crippen LogP contribution < -0.4 is 10.6 Å². The lowest BCUT2D eigenvalue weighted by molar-refractivity contribution is 0.0332. The highest BCUT2D eigenvalue weighted by Gasteiger charge is 2.34. The van der Waals surface area contributed by atoms with E-state index in [0.29, 0.717) is 35.4 Å². The van der Waals surface area contributed by atoms with E-state index in [2.05, 4.69) is 34.7 Å². The van der Waals surface area contributed by atoms with Crippen LogP contribution in [-0.4, -0.2) is 36.2 Å². The second-order valence-corrected chi connectivity index (χ2v) is 8.39. The molecule has 0 aliphatic carbocycles. The summed E-state index contributed by atoms with van der Waals surface area (Å²) < 4.78 is 10.9. The fourth-order valence-corrected chi connectivity index (χ4v) is 4.45. The van der Waals surface area contributed by atoms with Crippen molar-refractivity contribution >= 4 is 17.2 Å². The number of ether oxygens (including phenoxy) is 1. The highest BCUT2D eigenvalue weighted by Crippen LogP contribution is 2.27. The third kappa shape index (κ3) is 4.75. The van der Waals surface area contributed by atoms with E-state index in [1.54, 1.807) is 12.5 Å². The molecule has 1 amide bonds. The van der Waals surface area contributed by atoms with Gasteiger partial charge in [-0.2, -0.15) is 0 Å². The number of hydrogen-bond acceptors (Lipinski definition) is 6. The van der Waals surface area contributed by atoms with Crippen molar-refractivity contribution in [1.29, 1.82) is 0 Å². The molecule has 0 saturated carbocycles. The molecule has 1 saturated heterocycles. The summed E-state index contributed by atoms with van der Waals surface area (Å²) in [6.45, 7) is 4.08. The summed E-state index contributed by atoms with van der Waals surface area (Å²) in [7, 11) is 0. The van der Waals surface area contributed by atoms with Crippen LogP contribution in [0.25, 0.3) is 10.8 Å². The number of carbonyl (C=O) groups excluding carboxylic acids is 1. The molecule has 1 aromatic carbocycles. The Morgan fingerprint density at radius 2 is 2.00 bits per heavy atom. The Morgan fingerprint density at radius 1 is 1.21 bits per heavy atom. The van der Waals surface area contributed by atoms with Crippen LogP contribution in [0.15, 0.2) is 59.3 Å². The van der Waals surface area contributed by atoms with Crippen LogP contribution in [0.5, 0.6) is 0 Å². The van der Waals surface area contributed by atoms with Crippen LogP contribution >= 0.6 is 11.3 Å². The van der Waals surface area contributed by atoms with Gasteiger partial charge in [0, 0.05) is 31.3 Å². The molecule has 1 fully saturated rings. The molecule has 4 rings (SSSR count). The summed E-state index contributed by atoms with van der Waals surface area (Å²) in [4.78, 5) is 17.6. The third-order valence-electron chi connectivity index (χ3n) is 5.32. The van der Waals surface area contributed by atoms with Crippen molar-refractivity contribution in [2.75, 3.05) is 19.8 Å². The molecule has 2 N–H and O–H groups in total. The molecule has 6 nitrogen and oxygen atoms in total. The van der Waals surface area contributed by atoms with Gasteiger partial charge in [0.05, 0.1) is 12.5 Å². The largest absolute Gasteiger partial charge is 0.462 e. The molecule has 1 aliphatic rings. The average Bonchev–Trinajstić information content (AvgIpc) is 3.45. The number of aromatic nitrogens is 1. The van der Waals surface area contributed by atoms with Gasteiger partial charge in [-0.1, -0.05) is 30.3 Å². The summed E-state index contributed by atoms with van der Waals surface area (Å²) >= 11 is 1.33. The standard InChI is InChI=1S/C22H25N3O3S/c1-16(17-6-3-2-4-7-17)25-22(9-12-27-13-10-22)15-24-20(26)19-14-23-21(29-19)18-8-5-11-28-18/h2-8,11,14,16,25H,9-10,12-13,15H2,1H3,(H,24,26). The Kier molecular flexibility index (Phi) is 6.08. The van der Waals surface area contributed by atoms with Crippen LogP contribution in [0.1, 0.15) is 41.0 Å². The number of nitrogens with one attached hydrogen (secondary N) is 2. The minimum Gasteiger partial charge on any atom is -0.462 e. The van der Waals surface area contributed by atoms with E-state index in [4.69, 9.17) is 9.15 Å². The Morgan fingerprint density at radius 3 is 2.72 bits per heavy atom.